The summed E-state index contributed by atoms with van der Waals surface area (Å²) in [5.74, 6) is -3.78. The molecular weight excluding hydrogens is 712 g/mol. The van der Waals surface area contributed by atoms with Crippen molar-refractivity contribution >= 4 is 62.2 Å². The van der Waals surface area contributed by atoms with Gasteiger partial charge in [-0.2, -0.15) is 0 Å². The maximum Gasteiger partial charge on any atom is 0.408 e. The van der Waals surface area contributed by atoms with Crippen LogP contribution in [0.5, 0.6) is 0 Å². The second kappa shape index (κ2) is 14.6. The van der Waals surface area contributed by atoms with E-state index in [0.29, 0.717) is 15.9 Å². The summed E-state index contributed by atoms with van der Waals surface area (Å²) in [5, 5.41) is 6.38. The number of para-hydroxylation sites is 1. The number of hydrogen-bond acceptors (Lipinski definition) is 8. The van der Waals surface area contributed by atoms with E-state index in [9.17, 15) is 32.4 Å². The van der Waals surface area contributed by atoms with Crippen LogP contribution < -0.4 is 15.4 Å². The zero-order valence-corrected chi connectivity index (χ0v) is 31.1. The number of benzene rings is 2. The number of ether oxygens (including phenoxy) is 1. The first-order chi connectivity index (χ1) is 24.4. The minimum Gasteiger partial charge on any atom is -0.444 e. The largest absolute Gasteiger partial charge is 0.444 e. The second-order valence-corrected chi connectivity index (χ2v) is 16.4. The van der Waals surface area contributed by atoms with Crippen molar-refractivity contribution in [2.24, 2.45) is 11.8 Å². The van der Waals surface area contributed by atoms with Gasteiger partial charge in [0.15, 0.2) is 0 Å². The minimum absolute atomic E-state index is 0.0323. The topological polar surface area (TPSA) is 187 Å². The standard InChI is InChI=1S/C36H43ClN6O8S/c1-7-24-19-36(24,33(47)41-52(49,50)27-10-8-9-22-15-16-38-29(22)27)40-30(44)26-20-42(17-18-43(26)31(45)23-11-13-25(37)14-12-23)32(46)28(21(2)3)39-34(48)51-35(4,5)6/h7-16,21,24,26,28,38H,1,17-20H2,2-6H3,(H,39,48)(H,40,44)(H,41,47)/t24-,26+,28+,36-/m1/s1. The fourth-order valence-corrected chi connectivity index (χ4v) is 7.60. The molecule has 0 spiro atoms. The third-order valence-electron chi connectivity index (χ3n) is 9.07. The first kappa shape index (κ1) is 38.3. The third-order valence-corrected chi connectivity index (χ3v) is 10.7. The number of piperazine rings is 1. The van der Waals surface area contributed by atoms with E-state index in [-0.39, 0.29) is 42.4 Å². The van der Waals surface area contributed by atoms with E-state index < -0.39 is 68.9 Å². The lowest BCUT2D eigenvalue weighted by Gasteiger charge is -2.42. The Balaban J connectivity index is 1.42. The molecule has 4 atom stereocenters. The molecule has 4 N–H and O–H groups in total. The molecule has 1 aromatic heterocycles. The Morgan fingerprint density at radius 3 is 2.37 bits per heavy atom. The minimum atomic E-state index is -4.40. The zero-order chi connectivity index (χ0) is 38.2. The Labute approximate surface area is 307 Å². The number of rotatable bonds is 10. The number of nitrogens with one attached hydrogen (secondary N) is 4. The van der Waals surface area contributed by atoms with Gasteiger partial charge in [-0.1, -0.05) is 43.7 Å². The van der Waals surface area contributed by atoms with Crippen LogP contribution in [0.1, 0.15) is 51.4 Å². The monoisotopic (exact) mass is 754 g/mol. The summed E-state index contributed by atoms with van der Waals surface area (Å²) < 4.78 is 34.5. The molecule has 16 heteroatoms. The number of fused-ring (bicyclic) bond motifs is 1. The van der Waals surface area contributed by atoms with Gasteiger partial charge >= 0.3 is 6.09 Å². The van der Waals surface area contributed by atoms with Crippen LogP contribution in [0.3, 0.4) is 0 Å². The van der Waals surface area contributed by atoms with E-state index in [0.717, 1.165) is 0 Å². The van der Waals surface area contributed by atoms with E-state index in [2.05, 4.69) is 26.9 Å². The van der Waals surface area contributed by atoms with Crippen LogP contribution in [0, 0.1) is 11.8 Å². The molecule has 2 aromatic carbocycles. The number of carbonyl (C=O) groups excluding carboxylic acids is 5. The lowest BCUT2D eigenvalue weighted by atomic mass is 10.0. The van der Waals surface area contributed by atoms with Gasteiger partial charge in [0, 0.05) is 41.2 Å². The van der Waals surface area contributed by atoms with Gasteiger partial charge in [0.25, 0.3) is 21.8 Å². The Bertz CT molecular complexity index is 2010. The average molecular weight is 755 g/mol. The van der Waals surface area contributed by atoms with Crippen molar-refractivity contribution in [3.63, 3.8) is 0 Å². The van der Waals surface area contributed by atoms with Crippen molar-refractivity contribution in [3.8, 4) is 0 Å². The summed E-state index contributed by atoms with van der Waals surface area (Å²) in [7, 11) is -4.40. The predicted octanol–water partition coefficient (Wildman–Crippen LogP) is 3.59. The molecule has 1 saturated carbocycles. The Kier molecular flexibility index (Phi) is 10.8. The summed E-state index contributed by atoms with van der Waals surface area (Å²) in [6, 6.07) is 10.1. The SMILES string of the molecule is C=C[C@@H]1C[C@]1(NC(=O)[C@@H]1CN(C(=O)[C@@H](NC(=O)OC(C)(C)C)C(C)C)CCN1C(=O)c1ccc(Cl)cc1)C(=O)NS(=O)(=O)c1cccc2cc[nH]c12. The molecule has 5 amide bonds. The van der Waals surface area contributed by atoms with E-state index >= 15 is 0 Å². The molecule has 52 heavy (non-hydrogen) atoms. The van der Waals surface area contributed by atoms with Crippen molar-refractivity contribution < 1.29 is 37.1 Å². The fourth-order valence-electron chi connectivity index (χ4n) is 6.24. The van der Waals surface area contributed by atoms with Crippen molar-refractivity contribution in [2.75, 3.05) is 19.6 Å². The van der Waals surface area contributed by atoms with Crippen LogP contribution in [0.25, 0.3) is 10.9 Å². The highest BCUT2D eigenvalue weighted by molar-refractivity contribution is 7.90. The van der Waals surface area contributed by atoms with E-state index in [1.165, 1.54) is 46.2 Å². The van der Waals surface area contributed by atoms with Gasteiger partial charge in [-0.3, -0.25) is 19.2 Å². The number of hydrogen-bond donors (Lipinski definition) is 4. The number of sulfonamides is 1. The van der Waals surface area contributed by atoms with Crippen molar-refractivity contribution in [3.05, 3.63) is 78.0 Å². The lowest BCUT2D eigenvalue weighted by molar-refractivity contribution is -0.141. The summed E-state index contributed by atoms with van der Waals surface area (Å²) >= 11 is 6.04. The number of carbonyl (C=O) groups is 5. The number of amides is 5. The van der Waals surface area contributed by atoms with Crippen LogP contribution in [-0.4, -0.2) is 95.8 Å². The molecule has 3 aromatic rings. The average Bonchev–Trinajstić information content (AvgIpc) is 3.58. The molecule has 2 heterocycles. The quantitative estimate of drug-likeness (QED) is 0.226. The van der Waals surface area contributed by atoms with Crippen LogP contribution in [0.15, 0.2) is 72.3 Å². The first-order valence-corrected chi connectivity index (χ1v) is 18.7. The maximum atomic E-state index is 14.3. The molecule has 278 valence electrons. The summed E-state index contributed by atoms with van der Waals surface area (Å²) in [4.78, 5) is 73.9. The summed E-state index contributed by atoms with van der Waals surface area (Å²) in [5.41, 5.74) is -1.97. The van der Waals surface area contributed by atoms with Gasteiger partial charge in [-0.15, -0.1) is 6.58 Å². The van der Waals surface area contributed by atoms with Crippen molar-refractivity contribution in [2.45, 2.75) is 69.2 Å². The molecule has 1 aliphatic carbocycles. The molecule has 2 aliphatic rings. The van der Waals surface area contributed by atoms with Crippen LogP contribution >= 0.6 is 11.6 Å². The van der Waals surface area contributed by atoms with Gasteiger partial charge in [0.1, 0.15) is 28.1 Å². The Hall–Kier alpha value is -4.89. The number of halogens is 1. The van der Waals surface area contributed by atoms with Gasteiger partial charge in [0.2, 0.25) is 11.8 Å². The van der Waals surface area contributed by atoms with Gasteiger partial charge in [-0.25, -0.2) is 17.9 Å². The first-order valence-electron chi connectivity index (χ1n) is 16.8. The number of aromatic nitrogens is 1. The predicted molar refractivity (Wildman–Crippen MR) is 194 cm³/mol. The Morgan fingerprint density at radius 1 is 1.06 bits per heavy atom. The molecule has 2 fully saturated rings. The number of aromatic amines is 1. The smallest absolute Gasteiger partial charge is 0.408 e. The molecule has 1 saturated heterocycles. The molecule has 0 radical (unpaired) electrons. The van der Waals surface area contributed by atoms with Gasteiger partial charge < -0.3 is 30.2 Å². The Morgan fingerprint density at radius 2 is 1.75 bits per heavy atom. The molecular formula is C36H43ClN6O8S. The number of alkyl carbamates (subject to hydrolysis) is 1. The van der Waals surface area contributed by atoms with E-state index in [4.69, 9.17) is 16.3 Å². The molecule has 0 bridgehead atoms. The second-order valence-electron chi connectivity index (χ2n) is 14.3. The molecule has 14 nitrogen and oxygen atoms in total. The summed E-state index contributed by atoms with van der Waals surface area (Å²) in [6.45, 7) is 12.0. The van der Waals surface area contributed by atoms with Crippen molar-refractivity contribution in [1.29, 1.82) is 0 Å². The zero-order valence-electron chi connectivity index (χ0n) is 29.6. The van der Waals surface area contributed by atoms with Crippen LogP contribution in [0.2, 0.25) is 5.02 Å². The highest BCUT2D eigenvalue weighted by Crippen LogP contribution is 2.45. The highest BCUT2D eigenvalue weighted by Gasteiger charge is 2.61. The maximum absolute atomic E-state index is 14.3. The molecule has 0 unspecified atom stereocenters. The van der Waals surface area contributed by atoms with E-state index in [1.807, 2.05) is 0 Å². The lowest BCUT2D eigenvalue weighted by Crippen LogP contribution is -2.65. The third kappa shape index (κ3) is 8.10. The van der Waals surface area contributed by atoms with Gasteiger partial charge in [0.05, 0.1) is 12.1 Å². The van der Waals surface area contributed by atoms with Crippen LogP contribution in [0.4, 0.5) is 4.79 Å². The number of nitrogens with zero attached hydrogens (tertiary/aromatic N) is 2. The summed E-state index contributed by atoms with van der Waals surface area (Å²) in [6.07, 6.45) is 2.28. The van der Waals surface area contributed by atoms with Gasteiger partial charge in [-0.05, 0) is 69.5 Å². The molecule has 1 aliphatic heterocycles. The molecule has 5 rings (SSSR count). The van der Waals surface area contributed by atoms with Crippen molar-refractivity contribution in [1.82, 2.24) is 30.1 Å². The van der Waals surface area contributed by atoms with E-state index in [1.54, 1.807) is 59.0 Å². The highest BCUT2D eigenvalue weighted by atomic mass is 35.5. The normalized spacial score (nSPS) is 20.9. The van der Waals surface area contributed by atoms with Crippen LogP contribution in [-0.2, 0) is 29.1 Å². The fraction of sp³-hybridized carbons (Fsp3) is 0.417. The number of H-pyrrole nitrogens is 1.